The topological polar surface area (TPSA) is 35.5 Å². The third-order valence-corrected chi connectivity index (χ3v) is 3.74. The third-order valence-electron chi connectivity index (χ3n) is 3.74. The number of nitrogens with zero attached hydrogens (tertiary/aromatic N) is 1. The summed E-state index contributed by atoms with van der Waals surface area (Å²) in [7, 11) is 2.15. The molecule has 0 bridgehead atoms. The number of phenols is 1. The smallest absolute Gasteiger partial charge is 0.115 e. The Balaban J connectivity index is 2.22. The van der Waals surface area contributed by atoms with Crippen LogP contribution in [0.2, 0.25) is 0 Å². The molecule has 3 nitrogen and oxygen atoms in total. The molecule has 1 aliphatic rings. The third kappa shape index (κ3) is 1.93. The first-order valence-electron chi connectivity index (χ1n) is 5.75. The molecule has 0 amide bonds. The number of hydrogen-bond donors (Lipinski definition) is 2. The summed E-state index contributed by atoms with van der Waals surface area (Å²) in [4.78, 5) is 2.37. The lowest BCUT2D eigenvalue weighted by Crippen LogP contribution is -2.60. The van der Waals surface area contributed by atoms with E-state index in [-0.39, 0.29) is 5.54 Å². The van der Waals surface area contributed by atoms with Gasteiger partial charge in [-0.3, -0.25) is 4.90 Å². The molecule has 0 unspecified atom stereocenters. The van der Waals surface area contributed by atoms with Gasteiger partial charge in [-0.05, 0) is 38.6 Å². The zero-order chi connectivity index (χ0) is 11.8. The molecule has 1 aliphatic heterocycles. The average molecular weight is 220 g/mol. The molecule has 3 heteroatoms. The van der Waals surface area contributed by atoms with Crippen LogP contribution in [0.3, 0.4) is 0 Å². The second-order valence-corrected chi connectivity index (χ2v) is 5.03. The second-order valence-electron chi connectivity index (χ2n) is 5.03. The van der Waals surface area contributed by atoms with Crippen LogP contribution in [-0.2, 0) is 5.54 Å². The van der Waals surface area contributed by atoms with Crippen LogP contribution in [-0.4, -0.2) is 36.2 Å². The van der Waals surface area contributed by atoms with Gasteiger partial charge in [0.1, 0.15) is 5.75 Å². The Hall–Kier alpha value is -1.06. The number of hydrogen-bond acceptors (Lipinski definition) is 3. The van der Waals surface area contributed by atoms with Crippen LogP contribution < -0.4 is 5.32 Å². The van der Waals surface area contributed by atoms with Crippen LogP contribution in [0.1, 0.15) is 19.4 Å². The Kier molecular flexibility index (Phi) is 2.91. The molecule has 1 heterocycles. The zero-order valence-corrected chi connectivity index (χ0v) is 10.2. The van der Waals surface area contributed by atoms with Crippen LogP contribution >= 0.6 is 0 Å². The molecule has 0 saturated carbocycles. The van der Waals surface area contributed by atoms with Crippen LogP contribution in [0.15, 0.2) is 24.3 Å². The molecule has 1 fully saturated rings. The van der Waals surface area contributed by atoms with Crippen molar-refractivity contribution in [1.29, 1.82) is 0 Å². The summed E-state index contributed by atoms with van der Waals surface area (Å²) in [6, 6.07) is 8.13. The first-order valence-corrected chi connectivity index (χ1v) is 5.75. The Bertz CT molecular complexity index is 372. The van der Waals surface area contributed by atoms with Crippen molar-refractivity contribution < 1.29 is 5.11 Å². The monoisotopic (exact) mass is 220 g/mol. The van der Waals surface area contributed by atoms with Gasteiger partial charge in [-0.2, -0.15) is 0 Å². The maximum Gasteiger partial charge on any atom is 0.115 e. The van der Waals surface area contributed by atoms with Gasteiger partial charge in [0.05, 0.1) is 0 Å². The standard InChI is InChI=1S/C13H20N2O/c1-13(2,15(3)11-8-14-9-11)10-5-4-6-12(16)7-10/h4-7,11,14,16H,8-9H2,1-3H3. The summed E-state index contributed by atoms with van der Waals surface area (Å²) in [6.45, 7) is 6.50. The maximum absolute atomic E-state index is 9.54. The highest BCUT2D eigenvalue weighted by Crippen LogP contribution is 2.30. The summed E-state index contributed by atoms with van der Waals surface area (Å²) in [5, 5.41) is 12.8. The fourth-order valence-electron chi connectivity index (χ4n) is 2.09. The molecule has 0 spiro atoms. The van der Waals surface area contributed by atoms with E-state index < -0.39 is 0 Å². The number of nitrogens with one attached hydrogen (secondary N) is 1. The predicted molar refractivity (Wildman–Crippen MR) is 65.6 cm³/mol. The number of benzene rings is 1. The van der Waals surface area contributed by atoms with E-state index in [1.165, 1.54) is 0 Å². The molecule has 1 aromatic carbocycles. The first kappa shape index (κ1) is 11.4. The van der Waals surface area contributed by atoms with Gasteiger partial charge in [0.25, 0.3) is 0 Å². The van der Waals surface area contributed by atoms with Gasteiger partial charge < -0.3 is 10.4 Å². The van der Waals surface area contributed by atoms with Crippen LogP contribution in [0.5, 0.6) is 5.75 Å². The molecule has 1 saturated heterocycles. The second kappa shape index (κ2) is 4.07. The van der Waals surface area contributed by atoms with Crippen molar-refractivity contribution in [2.45, 2.75) is 25.4 Å². The van der Waals surface area contributed by atoms with Crippen molar-refractivity contribution in [2.75, 3.05) is 20.1 Å². The van der Waals surface area contributed by atoms with Crippen molar-refractivity contribution in [3.8, 4) is 5.75 Å². The lowest BCUT2D eigenvalue weighted by molar-refractivity contribution is 0.0684. The predicted octanol–water partition coefficient (Wildman–Crippen LogP) is 1.53. The van der Waals surface area contributed by atoms with Crippen molar-refractivity contribution in [3.05, 3.63) is 29.8 Å². The van der Waals surface area contributed by atoms with E-state index in [4.69, 9.17) is 0 Å². The molecule has 88 valence electrons. The van der Waals surface area contributed by atoms with Crippen molar-refractivity contribution in [3.63, 3.8) is 0 Å². The van der Waals surface area contributed by atoms with Gasteiger partial charge in [0.2, 0.25) is 0 Å². The minimum Gasteiger partial charge on any atom is -0.508 e. The number of rotatable bonds is 3. The van der Waals surface area contributed by atoms with Gasteiger partial charge in [-0.15, -0.1) is 0 Å². The maximum atomic E-state index is 9.54. The molecule has 16 heavy (non-hydrogen) atoms. The largest absolute Gasteiger partial charge is 0.508 e. The molecule has 2 N–H and O–H groups in total. The van der Waals surface area contributed by atoms with E-state index in [0.717, 1.165) is 18.7 Å². The lowest BCUT2D eigenvalue weighted by atomic mass is 9.90. The Morgan fingerprint density at radius 1 is 1.38 bits per heavy atom. The van der Waals surface area contributed by atoms with Crippen LogP contribution in [0.25, 0.3) is 0 Å². The minimum atomic E-state index is -0.0501. The highest BCUT2D eigenvalue weighted by molar-refractivity contribution is 5.31. The van der Waals surface area contributed by atoms with Crippen molar-refractivity contribution >= 4 is 0 Å². The van der Waals surface area contributed by atoms with Gasteiger partial charge in [0, 0.05) is 24.7 Å². The summed E-state index contributed by atoms with van der Waals surface area (Å²) < 4.78 is 0. The van der Waals surface area contributed by atoms with E-state index >= 15 is 0 Å². The fourth-order valence-corrected chi connectivity index (χ4v) is 2.09. The Labute approximate surface area is 97.1 Å². The van der Waals surface area contributed by atoms with Gasteiger partial charge >= 0.3 is 0 Å². The van der Waals surface area contributed by atoms with E-state index in [1.807, 2.05) is 12.1 Å². The SMILES string of the molecule is CN(C1CNC1)C(C)(C)c1cccc(O)c1. The molecular formula is C13H20N2O. The average Bonchev–Trinajstić information content (AvgIpc) is 2.15. The summed E-state index contributed by atoms with van der Waals surface area (Å²) in [5.41, 5.74) is 1.10. The Morgan fingerprint density at radius 3 is 2.56 bits per heavy atom. The van der Waals surface area contributed by atoms with Gasteiger partial charge in [-0.1, -0.05) is 12.1 Å². The van der Waals surface area contributed by atoms with Crippen LogP contribution in [0.4, 0.5) is 0 Å². The Morgan fingerprint density at radius 2 is 2.06 bits per heavy atom. The summed E-state index contributed by atoms with van der Waals surface area (Å²) in [5.74, 6) is 0.339. The molecule has 0 aliphatic carbocycles. The molecule has 1 aromatic rings. The molecular weight excluding hydrogens is 200 g/mol. The highest BCUT2D eigenvalue weighted by Gasteiger charge is 2.33. The number of likely N-dealkylation sites (N-methyl/N-ethyl adjacent to an activating group) is 1. The van der Waals surface area contributed by atoms with Gasteiger partial charge in [0.15, 0.2) is 0 Å². The fraction of sp³-hybridized carbons (Fsp3) is 0.538. The summed E-state index contributed by atoms with van der Waals surface area (Å²) in [6.07, 6.45) is 0. The lowest BCUT2D eigenvalue weighted by Gasteiger charge is -2.45. The highest BCUT2D eigenvalue weighted by atomic mass is 16.3. The molecule has 0 atom stereocenters. The molecule has 0 aromatic heterocycles. The molecule has 2 rings (SSSR count). The minimum absolute atomic E-state index is 0.0501. The molecule has 0 radical (unpaired) electrons. The summed E-state index contributed by atoms with van der Waals surface area (Å²) >= 11 is 0. The van der Waals surface area contributed by atoms with E-state index in [0.29, 0.717) is 11.8 Å². The van der Waals surface area contributed by atoms with E-state index in [1.54, 1.807) is 6.07 Å². The number of aromatic hydroxyl groups is 1. The van der Waals surface area contributed by atoms with E-state index in [2.05, 4.69) is 37.2 Å². The van der Waals surface area contributed by atoms with Gasteiger partial charge in [-0.25, -0.2) is 0 Å². The van der Waals surface area contributed by atoms with Crippen molar-refractivity contribution in [2.24, 2.45) is 0 Å². The quantitative estimate of drug-likeness (QED) is 0.811. The van der Waals surface area contributed by atoms with Crippen LogP contribution in [0, 0.1) is 0 Å². The normalized spacial score (nSPS) is 17.5. The zero-order valence-electron chi connectivity index (χ0n) is 10.2. The van der Waals surface area contributed by atoms with E-state index in [9.17, 15) is 5.11 Å². The first-order chi connectivity index (χ1) is 7.51. The number of phenolic OH excluding ortho intramolecular Hbond substituents is 1. The van der Waals surface area contributed by atoms with Crippen molar-refractivity contribution in [1.82, 2.24) is 10.2 Å².